The highest BCUT2D eigenvalue weighted by Crippen LogP contribution is 2.27. The number of hydrogen-bond donors (Lipinski definition) is 0. The van der Waals surface area contributed by atoms with Gasteiger partial charge in [-0.05, 0) is 45.8 Å². The SMILES string of the molecule is COc1ccc(Cc2nnc(-c3ccccc3Br)o2)cc1. The van der Waals surface area contributed by atoms with Gasteiger partial charge in [0.15, 0.2) is 0 Å². The van der Waals surface area contributed by atoms with E-state index >= 15 is 0 Å². The smallest absolute Gasteiger partial charge is 0.248 e. The highest BCUT2D eigenvalue weighted by Gasteiger charge is 2.11. The van der Waals surface area contributed by atoms with Crippen LogP contribution in [0.1, 0.15) is 11.5 Å². The Kier molecular flexibility index (Phi) is 4.01. The average Bonchev–Trinajstić information content (AvgIpc) is 2.97. The van der Waals surface area contributed by atoms with Crippen molar-refractivity contribution in [1.82, 2.24) is 10.2 Å². The molecule has 0 atom stereocenters. The van der Waals surface area contributed by atoms with Crippen molar-refractivity contribution in [2.45, 2.75) is 6.42 Å². The molecule has 0 saturated heterocycles. The lowest BCUT2D eigenvalue weighted by atomic mass is 10.1. The van der Waals surface area contributed by atoms with Crippen LogP contribution < -0.4 is 4.74 Å². The standard InChI is InChI=1S/C16H13BrN2O2/c1-20-12-8-6-11(7-9-12)10-15-18-19-16(21-15)13-4-2-3-5-14(13)17/h2-9H,10H2,1H3. The van der Waals surface area contributed by atoms with Gasteiger partial charge in [0.1, 0.15) is 5.75 Å². The van der Waals surface area contributed by atoms with Gasteiger partial charge >= 0.3 is 0 Å². The molecular formula is C16H13BrN2O2. The largest absolute Gasteiger partial charge is 0.497 e. The Bertz CT molecular complexity index is 738. The Labute approximate surface area is 130 Å². The lowest BCUT2D eigenvalue weighted by Gasteiger charge is -2.01. The Balaban J connectivity index is 1.80. The number of nitrogens with zero attached hydrogens (tertiary/aromatic N) is 2. The van der Waals surface area contributed by atoms with Crippen LogP contribution in [0, 0.1) is 0 Å². The quantitative estimate of drug-likeness (QED) is 0.714. The molecule has 0 bridgehead atoms. The minimum Gasteiger partial charge on any atom is -0.497 e. The van der Waals surface area contributed by atoms with Crippen LogP contribution >= 0.6 is 15.9 Å². The van der Waals surface area contributed by atoms with Gasteiger partial charge < -0.3 is 9.15 Å². The molecule has 3 rings (SSSR count). The molecular weight excluding hydrogens is 332 g/mol. The molecule has 0 aliphatic carbocycles. The van der Waals surface area contributed by atoms with Crippen molar-refractivity contribution in [2.75, 3.05) is 7.11 Å². The molecule has 0 fully saturated rings. The molecule has 0 saturated carbocycles. The van der Waals surface area contributed by atoms with E-state index in [0.717, 1.165) is 21.3 Å². The average molecular weight is 345 g/mol. The summed E-state index contributed by atoms with van der Waals surface area (Å²) in [6, 6.07) is 15.6. The van der Waals surface area contributed by atoms with Crippen LogP contribution in [0.2, 0.25) is 0 Å². The molecule has 4 nitrogen and oxygen atoms in total. The molecule has 2 aromatic carbocycles. The first kappa shape index (κ1) is 13.8. The van der Waals surface area contributed by atoms with Crippen molar-refractivity contribution in [3.05, 3.63) is 64.5 Å². The second kappa shape index (κ2) is 6.10. The van der Waals surface area contributed by atoms with Crippen molar-refractivity contribution in [3.8, 4) is 17.2 Å². The second-order valence-corrected chi connectivity index (χ2v) is 5.36. The van der Waals surface area contributed by atoms with Crippen molar-refractivity contribution in [3.63, 3.8) is 0 Å². The van der Waals surface area contributed by atoms with E-state index in [1.807, 2.05) is 48.5 Å². The number of rotatable bonds is 4. The second-order valence-electron chi connectivity index (χ2n) is 4.51. The summed E-state index contributed by atoms with van der Waals surface area (Å²) >= 11 is 3.48. The summed E-state index contributed by atoms with van der Waals surface area (Å²) in [5, 5.41) is 8.21. The zero-order valence-electron chi connectivity index (χ0n) is 11.4. The summed E-state index contributed by atoms with van der Waals surface area (Å²) in [4.78, 5) is 0. The van der Waals surface area contributed by atoms with Crippen LogP contribution in [0.5, 0.6) is 5.75 Å². The first-order valence-electron chi connectivity index (χ1n) is 6.46. The molecule has 3 aromatic rings. The highest BCUT2D eigenvalue weighted by atomic mass is 79.9. The van der Waals surface area contributed by atoms with Gasteiger partial charge in [-0.2, -0.15) is 0 Å². The zero-order chi connectivity index (χ0) is 14.7. The van der Waals surface area contributed by atoms with Gasteiger partial charge in [0, 0.05) is 4.47 Å². The summed E-state index contributed by atoms with van der Waals surface area (Å²) in [6.07, 6.45) is 0.599. The van der Waals surface area contributed by atoms with Crippen molar-refractivity contribution >= 4 is 15.9 Å². The van der Waals surface area contributed by atoms with Crippen LogP contribution in [0.25, 0.3) is 11.5 Å². The van der Waals surface area contributed by atoms with Crippen molar-refractivity contribution in [1.29, 1.82) is 0 Å². The molecule has 0 spiro atoms. The summed E-state index contributed by atoms with van der Waals surface area (Å²) in [6.45, 7) is 0. The monoisotopic (exact) mass is 344 g/mol. The molecule has 106 valence electrons. The third kappa shape index (κ3) is 3.13. The van der Waals surface area contributed by atoms with Crippen LogP contribution in [0.3, 0.4) is 0 Å². The topological polar surface area (TPSA) is 48.2 Å². The van der Waals surface area contributed by atoms with Gasteiger partial charge in [-0.25, -0.2) is 0 Å². The predicted octanol–water partition coefficient (Wildman–Crippen LogP) is 4.10. The van der Waals surface area contributed by atoms with Gasteiger partial charge in [0.05, 0.1) is 19.1 Å². The van der Waals surface area contributed by atoms with Gasteiger partial charge in [-0.1, -0.05) is 24.3 Å². The predicted molar refractivity (Wildman–Crippen MR) is 83.2 cm³/mol. The summed E-state index contributed by atoms with van der Waals surface area (Å²) in [7, 11) is 1.65. The van der Waals surface area contributed by atoms with Crippen LogP contribution in [-0.4, -0.2) is 17.3 Å². The minimum absolute atomic E-state index is 0.519. The van der Waals surface area contributed by atoms with Crippen LogP contribution in [0.4, 0.5) is 0 Å². The third-order valence-electron chi connectivity index (χ3n) is 3.09. The molecule has 0 N–H and O–H groups in total. The zero-order valence-corrected chi connectivity index (χ0v) is 13.0. The van der Waals surface area contributed by atoms with Crippen LogP contribution in [-0.2, 0) is 6.42 Å². The number of halogens is 1. The normalized spacial score (nSPS) is 10.6. The molecule has 0 radical (unpaired) electrons. The summed E-state index contributed by atoms with van der Waals surface area (Å²) in [5.41, 5.74) is 1.99. The van der Waals surface area contributed by atoms with E-state index in [4.69, 9.17) is 9.15 Å². The third-order valence-corrected chi connectivity index (χ3v) is 3.78. The fraction of sp³-hybridized carbons (Fsp3) is 0.125. The highest BCUT2D eigenvalue weighted by molar-refractivity contribution is 9.10. The summed E-state index contributed by atoms with van der Waals surface area (Å²) < 4.78 is 11.8. The molecule has 0 amide bonds. The number of hydrogen-bond acceptors (Lipinski definition) is 4. The molecule has 21 heavy (non-hydrogen) atoms. The van der Waals surface area contributed by atoms with Gasteiger partial charge in [0.25, 0.3) is 0 Å². The molecule has 5 heteroatoms. The van der Waals surface area contributed by atoms with E-state index in [2.05, 4.69) is 26.1 Å². The van der Waals surface area contributed by atoms with E-state index < -0.39 is 0 Å². The Morgan fingerprint density at radius 1 is 1.05 bits per heavy atom. The lowest BCUT2D eigenvalue weighted by molar-refractivity contribution is 0.414. The van der Waals surface area contributed by atoms with E-state index in [-0.39, 0.29) is 0 Å². The Morgan fingerprint density at radius 3 is 2.52 bits per heavy atom. The molecule has 1 heterocycles. The van der Waals surface area contributed by atoms with Crippen molar-refractivity contribution in [2.24, 2.45) is 0 Å². The first-order chi connectivity index (χ1) is 10.3. The van der Waals surface area contributed by atoms with Gasteiger partial charge in [-0.15, -0.1) is 10.2 Å². The van der Waals surface area contributed by atoms with E-state index in [0.29, 0.717) is 18.2 Å². The van der Waals surface area contributed by atoms with E-state index in [9.17, 15) is 0 Å². The molecule has 0 aliphatic heterocycles. The fourth-order valence-electron chi connectivity index (χ4n) is 1.99. The Hall–Kier alpha value is -2.14. The van der Waals surface area contributed by atoms with E-state index in [1.54, 1.807) is 7.11 Å². The maximum absolute atomic E-state index is 5.73. The number of aromatic nitrogens is 2. The number of benzene rings is 2. The summed E-state index contributed by atoms with van der Waals surface area (Å²) in [5.74, 6) is 1.94. The maximum atomic E-state index is 5.73. The molecule has 0 unspecified atom stereocenters. The van der Waals surface area contributed by atoms with Crippen molar-refractivity contribution < 1.29 is 9.15 Å². The number of ether oxygens (including phenoxy) is 1. The molecule has 0 aliphatic rings. The van der Waals surface area contributed by atoms with Gasteiger partial charge in [-0.3, -0.25) is 0 Å². The fourth-order valence-corrected chi connectivity index (χ4v) is 2.44. The molecule has 1 aromatic heterocycles. The van der Waals surface area contributed by atoms with E-state index in [1.165, 1.54) is 0 Å². The maximum Gasteiger partial charge on any atom is 0.248 e. The Morgan fingerprint density at radius 2 is 1.81 bits per heavy atom. The van der Waals surface area contributed by atoms with Crippen LogP contribution in [0.15, 0.2) is 57.4 Å². The lowest BCUT2D eigenvalue weighted by Crippen LogP contribution is -1.89. The minimum atomic E-state index is 0.519. The first-order valence-corrected chi connectivity index (χ1v) is 7.26. The number of methoxy groups -OCH3 is 1. The van der Waals surface area contributed by atoms with Gasteiger partial charge in [0.2, 0.25) is 11.8 Å².